The molecule has 0 bridgehead atoms. The van der Waals surface area contributed by atoms with Crippen LogP contribution in [0.1, 0.15) is 18.5 Å². The predicted molar refractivity (Wildman–Crippen MR) is 117 cm³/mol. The van der Waals surface area contributed by atoms with Gasteiger partial charge in [-0.25, -0.2) is 9.78 Å². The van der Waals surface area contributed by atoms with E-state index >= 15 is 0 Å². The van der Waals surface area contributed by atoms with Crippen LogP contribution in [0.25, 0.3) is 21.8 Å². The van der Waals surface area contributed by atoms with Gasteiger partial charge in [-0.05, 0) is 23.3 Å². The van der Waals surface area contributed by atoms with Gasteiger partial charge in [0.05, 0.1) is 18.0 Å². The van der Waals surface area contributed by atoms with Crippen molar-refractivity contribution in [3.63, 3.8) is 0 Å². The van der Waals surface area contributed by atoms with E-state index in [2.05, 4.69) is 19.9 Å². The van der Waals surface area contributed by atoms with Gasteiger partial charge in [-0.15, -0.1) is 0 Å². The topological polar surface area (TPSA) is 164 Å². The Bertz CT molecular complexity index is 1280. The Morgan fingerprint density at radius 2 is 1.81 bits per heavy atom. The van der Waals surface area contributed by atoms with Gasteiger partial charge in [0.15, 0.2) is 11.8 Å². The third-order valence-corrected chi connectivity index (χ3v) is 5.14. The molecule has 0 radical (unpaired) electrons. The lowest BCUT2D eigenvalue weighted by Gasteiger charge is -2.31. The molecule has 0 aliphatic rings. The van der Waals surface area contributed by atoms with E-state index in [4.69, 9.17) is 11.5 Å². The average molecular weight is 419 g/mol. The number of carboxylic acid groups (broad SMARTS) is 1. The fourth-order valence-electron chi connectivity index (χ4n) is 3.55. The van der Waals surface area contributed by atoms with E-state index in [-0.39, 0.29) is 35.9 Å². The highest BCUT2D eigenvalue weighted by molar-refractivity contribution is 5.87. The molecule has 2 aromatic carbocycles. The van der Waals surface area contributed by atoms with Crippen molar-refractivity contribution in [3.05, 3.63) is 54.2 Å². The predicted octanol–water partition coefficient (Wildman–Crippen LogP) is 1.75. The van der Waals surface area contributed by atoms with E-state index in [1.165, 1.54) is 6.20 Å². The maximum Gasteiger partial charge on any atom is 0.334 e. The minimum absolute atomic E-state index is 0.0335. The third kappa shape index (κ3) is 3.88. The van der Waals surface area contributed by atoms with Crippen LogP contribution in [0.5, 0.6) is 0 Å². The molecule has 10 nitrogen and oxygen atoms in total. The summed E-state index contributed by atoms with van der Waals surface area (Å²) in [7, 11) is 0. The monoisotopic (exact) mass is 419 g/mol. The first kappa shape index (κ1) is 20.2. The first-order valence-electron chi connectivity index (χ1n) is 9.56. The van der Waals surface area contributed by atoms with Crippen molar-refractivity contribution >= 4 is 45.5 Å². The van der Waals surface area contributed by atoms with Gasteiger partial charge in [-0.3, -0.25) is 0 Å². The Morgan fingerprint density at radius 3 is 2.58 bits per heavy atom. The molecule has 31 heavy (non-hydrogen) atoms. The molecular formula is C21H21N7O3. The van der Waals surface area contributed by atoms with Gasteiger partial charge < -0.3 is 26.6 Å². The summed E-state index contributed by atoms with van der Waals surface area (Å²) in [5.41, 5.74) is 12.7. The molecule has 0 aliphatic carbocycles. The van der Waals surface area contributed by atoms with E-state index in [0.29, 0.717) is 5.39 Å². The van der Waals surface area contributed by atoms with E-state index in [1.54, 1.807) is 4.90 Å². The van der Waals surface area contributed by atoms with Crippen molar-refractivity contribution in [2.24, 2.45) is 0 Å². The van der Waals surface area contributed by atoms with Crippen LogP contribution in [0.3, 0.4) is 0 Å². The molecule has 4 aromatic rings. The van der Waals surface area contributed by atoms with Crippen molar-refractivity contribution in [2.75, 3.05) is 22.9 Å². The molecule has 2 heterocycles. The van der Waals surface area contributed by atoms with Crippen LogP contribution in [0.4, 0.5) is 17.7 Å². The molecule has 0 saturated heterocycles. The number of rotatable bonds is 6. The molecule has 158 valence electrons. The maximum absolute atomic E-state index is 11.4. The first-order chi connectivity index (χ1) is 14.8. The highest BCUT2D eigenvalue weighted by Gasteiger charge is 2.26. The van der Waals surface area contributed by atoms with Crippen molar-refractivity contribution < 1.29 is 15.0 Å². The first-order valence-corrected chi connectivity index (χ1v) is 9.56. The minimum atomic E-state index is -1.64. The Hall–Kier alpha value is -4.05. The van der Waals surface area contributed by atoms with E-state index in [9.17, 15) is 15.0 Å². The molecule has 0 spiro atoms. The number of aromatic nitrogens is 4. The number of fused-ring (bicyclic) bond motifs is 2. The van der Waals surface area contributed by atoms with Gasteiger partial charge in [0, 0.05) is 6.20 Å². The van der Waals surface area contributed by atoms with E-state index in [0.717, 1.165) is 16.3 Å². The summed E-state index contributed by atoms with van der Waals surface area (Å²) in [6.45, 7) is 1.66. The van der Waals surface area contributed by atoms with Crippen molar-refractivity contribution in [3.8, 4) is 0 Å². The maximum atomic E-state index is 11.4. The van der Waals surface area contributed by atoms with E-state index in [1.807, 2.05) is 49.4 Å². The summed E-state index contributed by atoms with van der Waals surface area (Å²) in [6, 6.07) is 13.4. The summed E-state index contributed by atoms with van der Waals surface area (Å²) in [6.07, 6.45) is -0.181. The number of anilines is 3. The molecule has 0 fully saturated rings. The Kier molecular flexibility index (Phi) is 5.22. The second-order valence-corrected chi connectivity index (χ2v) is 7.13. The van der Waals surface area contributed by atoms with Crippen LogP contribution in [0.15, 0.2) is 48.7 Å². The fourth-order valence-corrected chi connectivity index (χ4v) is 3.55. The number of aliphatic hydroxyl groups excluding tert-OH is 1. The van der Waals surface area contributed by atoms with E-state index < -0.39 is 12.1 Å². The number of benzene rings is 2. The van der Waals surface area contributed by atoms with Gasteiger partial charge in [0.25, 0.3) is 0 Å². The summed E-state index contributed by atoms with van der Waals surface area (Å²) < 4.78 is 0. The highest BCUT2D eigenvalue weighted by atomic mass is 16.4. The van der Waals surface area contributed by atoms with Gasteiger partial charge in [-0.1, -0.05) is 42.5 Å². The zero-order valence-electron chi connectivity index (χ0n) is 16.7. The second kappa shape index (κ2) is 8.00. The normalized spacial score (nSPS) is 13.2. The summed E-state index contributed by atoms with van der Waals surface area (Å²) in [5.74, 6) is -1.04. The largest absolute Gasteiger partial charge is 0.479 e. The van der Waals surface area contributed by atoms with Crippen LogP contribution in [0, 0.1) is 0 Å². The minimum Gasteiger partial charge on any atom is -0.479 e. The van der Waals surface area contributed by atoms with Crippen molar-refractivity contribution in [1.82, 2.24) is 19.9 Å². The molecule has 1 unspecified atom stereocenters. The van der Waals surface area contributed by atoms with Crippen molar-refractivity contribution in [2.45, 2.75) is 19.1 Å². The third-order valence-electron chi connectivity index (χ3n) is 5.14. The summed E-state index contributed by atoms with van der Waals surface area (Å²) in [5, 5.41) is 21.9. The zero-order chi connectivity index (χ0) is 22.1. The lowest BCUT2D eigenvalue weighted by atomic mass is 9.98. The van der Waals surface area contributed by atoms with Gasteiger partial charge in [-0.2, -0.15) is 15.0 Å². The molecule has 0 amide bonds. The van der Waals surface area contributed by atoms with Gasteiger partial charge in [0.1, 0.15) is 5.82 Å². The van der Waals surface area contributed by atoms with Crippen LogP contribution in [0.2, 0.25) is 0 Å². The smallest absolute Gasteiger partial charge is 0.334 e. The summed E-state index contributed by atoms with van der Waals surface area (Å²) >= 11 is 0. The zero-order valence-corrected chi connectivity index (χ0v) is 16.7. The Labute approximate surface area is 177 Å². The standard InChI is InChI=1S/C21H21N7O3/c1-11(13-8-4-6-12-5-2-3-7-14(12)13)28(10-16(29)19(30)31)21-24-9-15-17(22)25-20(23)26-18(15)27-21/h2-9,11,16,29H,10H2,1H3,(H,30,31)(H4,22,23,24,25,26,27)/t11-,16?/m0/s1. The number of nitrogen functional groups attached to an aromatic ring is 2. The number of carboxylic acids is 1. The molecule has 2 aromatic heterocycles. The molecule has 0 aliphatic heterocycles. The average Bonchev–Trinajstić information content (AvgIpc) is 2.75. The Balaban J connectivity index is 1.84. The molecule has 4 rings (SSSR count). The molecule has 0 saturated carbocycles. The molecule has 6 N–H and O–H groups in total. The quantitative estimate of drug-likeness (QED) is 0.362. The van der Waals surface area contributed by atoms with Crippen molar-refractivity contribution in [1.29, 1.82) is 0 Å². The van der Waals surface area contributed by atoms with Gasteiger partial charge >= 0.3 is 5.97 Å². The SMILES string of the molecule is C[C@@H](c1cccc2ccccc12)N(CC(O)C(=O)O)c1ncc2c(N)nc(N)nc2n1. The number of carbonyl (C=O) groups is 1. The van der Waals surface area contributed by atoms with Crippen LogP contribution < -0.4 is 16.4 Å². The molecule has 2 atom stereocenters. The van der Waals surface area contributed by atoms with Crippen LogP contribution in [-0.2, 0) is 4.79 Å². The number of aliphatic carboxylic acids is 1. The number of nitrogens with zero attached hydrogens (tertiary/aromatic N) is 5. The number of aliphatic hydroxyl groups is 1. The molecular weight excluding hydrogens is 398 g/mol. The summed E-state index contributed by atoms with van der Waals surface area (Å²) in [4.78, 5) is 29.8. The lowest BCUT2D eigenvalue weighted by molar-refractivity contribution is -0.146. The Morgan fingerprint density at radius 1 is 1.06 bits per heavy atom. The van der Waals surface area contributed by atoms with Crippen LogP contribution in [-0.4, -0.2) is 48.8 Å². The fraction of sp³-hybridized carbons (Fsp3) is 0.190. The number of hydrogen-bond acceptors (Lipinski definition) is 9. The number of nitrogens with two attached hydrogens (primary N) is 2. The van der Waals surface area contributed by atoms with Gasteiger partial charge in [0.2, 0.25) is 11.9 Å². The lowest BCUT2D eigenvalue weighted by Crippen LogP contribution is -2.39. The molecule has 10 heteroatoms. The second-order valence-electron chi connectivity index (χ2n) is 7.13. The van der Waals surface area contributed by atoms with Crippen LogP contribution >= 0.6 is 0 Å². The number of hydrogen-bond donors (Lipinski definition) is 4. The highest BCUT2D eigenvalue weighted by Crippen LogP contribution is 2.31.